The van der Waals surface area contributed by atoms with Gasteiger partial charge in [0.2, 0.25) is 10.0 Å². The lowest BCUT2D eigenvalue weighted by atomic mass is 10.1. The molecule has 1 heterocycles. The minimum absolute atomic E-state index is 0.533. The van der Waals surface area contributed by atoms with Gasteiger partial charge in [-0.3, -0.25) is 9.82 Å². The number of aromatic nitrogens is 2. The van der Waals surface area contributed by atoms with Crippen molar-refractivity contribution in [2.24, 2.45) is 0 Å². The zero-order chi connectivity index (χ0) is 12.5. The van der Waals surface area contributed by atoms with E-state index in [0.29, 0.717) is 5.69 Å². The fraction of sp³-hybridized carbons (Fsp3) is 0.182. The molecule has 0 radical (unpaired) electrons. The van der Waals surface area contributed by atoms with Crippen molar-refractivity contribution in [3.63, 3.8) is 0 Å². The molecule has 6 heteroatoms. The van der Waals surface area contributed by atoms with Gasteiger partial charge in [-0.15, -0.1) is 0 Å². The summed E-state index contributed by atoms with van der Waals surface area (Å²) in [6, 6.07) is 9.01. The molecule has 0 saturated carbocycles. The molecular formula is C11H13N3O2S. The Bertz CT molecular complexity index is 632. The number of rotatable bonds is 3. The first-order valence-corrected chi connectivity index (χ1v) is 6.93. The number of nitrogens with one attached hydrogen (secondary N) is 2. The lowest BCUT2D eigenvalue weighted by Crippen LogP contribution is -2.09. The molecule has 1 aromatic carbocycles. The monoisotopic (exact) mass is 251 g/mol. The molecule has 0 amide bonds. The van der Waals surface area contributed by atoms with E-state index in [2.05, 4.69) is 14.9 Å². The minimum Gasteiger partial charge on any atom is -0.284 e. The fourth-order valence-corrected chi connectivity index (χ4v) is 2.08. The van der Waals surface area contributed by atoms with Crippen molar-refractivity contribution in [3.8, 4) is 11.3 Å². The molecule has 90 valence electrons. The summed E-state index contributed by atoms with van der Waals surface area (Å²) in [6.45, 7) is 1.91. The molecule has 2 rings (SSSR count). The van der Waals surface area contributed by atoms with Crippen molar-refractivity contribution in [2.75, 3.05) is 11.0 Å². The molecule has 5 nitrogen and oxygen atoms in total. The number of hydrogen-bond acceptors (Lipinski definition) is 3. The third kappa shape index (κ3) is 3.07. The summed E-state index contributed by atoms with van der Waals surface area (Å²) in [5.41, 5.74) is 3.15. The molecule has 2 aromatic rings. The molecule has 0 aliphatic carbocycles. The van der Waals surface area contributed by atoms with Crippen LogP contribution in [0.1, 0.15) is 5.69 Å². The van der Waals surface area contributed by atoms with E-state index in [4.69, 9.17) is 0 Å². The van der Waals surface area contributed by atoms with Crippen LogP contribution in [0.15, 0.2) is 30.3 Å². The first-order valence-electron chi connectivity index (χ1n) is 5.04. The van der Waals surface area contributed by atoms with E-state index < -0.39 is 10.0 Å². The Hall–Kier alpha value is -1.82. The highest BCUT2D eigenvalue weighted by atomic mass is 32.2. The molecule has 0 aliphatic rings. The summed E-state index contributed by atoms with van der Waals surface area (Å²) >= 11 is 0. The number of benzene rings is 1. The van der Waals surface area contributed by atoms with Gasteiger partial charge in [0.25, 0.3) is 0 Å². The van der Waals surface area contributed by atoms with Crippen molar-refractivity contribution in [1.82, 2.24) is 10.2 Å². The Morgan fingerprint density at radius 2 is 2.06 bits per heavy atom. The molecule has 17 heavy (non-hydrogen) atoms. The summed E-state index contributed by atoms with van der Waals surface area (Å²) < 4.78 is 24.7. The smallest absolute Gasteiger partial charge is 0.229 e. The predicted molar refractivity (Wildman–Crippen MR) is 67.2 cm³/mol. The number of aryl methyl sites for hydroxylation is 1. The quantitative estimate of drug-likeness (QED) is 0.872. The fourth-order valence-electron chi connectivity index (χ4n) is 1.52. The van der Waals surface area contributed by atoms with Crippen LogP contribution in [0.25, 0.3) is 11.3 Å². The van der Waals surface area contributed by atoms with Crippen LogP contribution in [0.4, 0.5) is 5.69 Å². The topological polar surface area (TPSA) is 74.8 Å². The second kappa shape index (κ2) is 4.21. The van der Waals surface area contributed by atoms with E-state index >= 15 is 0 Å². The van der Waals surface area contributed by atoms with E-state index in [-0.39, 0.29) is 0 Å². The highest BCUT2D eigenvalue weighted by molar-refractivity contribution is 7.92. The van der Waals surface area contributed by atoms with Gasteiger partial charge in [0.1, 0.15) is 0 Å². The zero-order valence-electron chi connectivity index (χ0n) is 9.56. The van der Waals surface area contributed by atoms with Crippen LogP contribution in [-0.2, 0) is 10.0 Å². The molecule has 1 aromatic heterocycles. The number of nitrogens with zero attached hydrogens (tertiary/aromatic N) is 1. The molecule has 0 spiro atoms. The summed E-state index contributed by atoms with van der Waals surface area (Å²) in [7, 11) is -3.25. The van der Waals surface area contributed by atoms with Crippen molar-refractivity contribution < 1.29 is 8.42 Å². The lowest BCUT2D eigenvalue weighted by Gasteiger charge is -2.04. The summed E-state index contributed by atoms with van der Waals surface area (Å²) in [4.78, 5) is 0. The van der Waals surface area contributed by atoms with Gasteiger partial charge in [0, 0.05) is 16.9 Å². The number of H-pyrrole nitrogens is 1. The predicted octanol–water partition coefficient (Wildman–Crippen LogP) is 1.76. The first kappa shape index (κ1) is 11.7. The van der Waals surface area contributed by atoms with Gasteiger partial charge in [-0.05, 0) is 25.1 Å². The van der Waals surface area contributed by atoms with Gasteiger partial charge < -0.3 is 0 Å². The molecular weight excluding hydrogens is 238 g/mol. The highest BCUT2D eigenvalue weighted by Crippen LogP contribution is 2.21. The number of anilines is 1. The van der Waals surface area contributed by atoms with Crippen LogP contribution in [0.5, 0.6) is 0 Å². The van der Waals surface area contributed by atoms with Gasteiger partial charge in [-0.1, -0.05) is 12.1 Å². The average molecular weight is 251 g/mol. The maximum atomic E-state index is 11.1. The zero-order valence-corrected chi connectivity index (χ0v) is 10.4. The maximum absolute atomic E-state index is 11.1. The molecule has 0 saturated heterocycles. The maximum Gasteiger partial charge on any atom is 0.229 e. The van der Waals surface area contributed by atoms with Crippen molar-refractivity contribution in [1.29, 1.82) is 0 Å². The van der Waals surface area contributed by atoms with Gasteiger partial charge in [-0.25, -0.2) is 8.42 Å². The Kier molecular flexibility index (Phi) is 2.89. The van der Waals surface area contributed by atoms with Crippen LogP contribution in [0.2, 0.25) is 0 Å². The molecule has 2 N–H and O–H groups in total. The van der Waals surface area contributed by atoms with Crippen LogP contribution < -0.4 is 4.72 Å². The van der Waals surface area contributed by atoms with Crippen LogP contribution in [-0.4, -0.2) is 24.9 Å². The van der Waals surface area contributed by atoms with Crippen molar-refractivity contribution in [3.05, 3.63) is 36.0 Å². The third-order valence-corrected chi connectivity index (χ3v) is 2.77. The molecule has 0 bridgehead atoms. The van der Waals surface area contributed by atoms with Gasteiger partial charge in [-0.2, -0.15) is 5.10 Å². The number of aromatic amines is 1. The van der Waals surface area contributed by atoms with Crippen LogP contribution >= 0.6 is 0 Å². The number of sulfonamides is 1. The third-order valence-electron chi connectivity index (χ3n) is 2.17. The molecule has 0 fully saturated rings. The van der Waals surface area contributed by atoms with E-state index in [9.17, 15) is 8.42 Å². The van der Waals surface area contributed by atoms with Gasteiger partial charge >= 0.3 is 0 Å². The second-order valence-corrected chi connectivity index (χ2v) is 5.64. The molecule has 0 aliphatic heterocycles. The van der Waals surface area contributed by atoms with Crippen molar-refractivity contribution in [2.45, 2.75) is 6.92 Å². The lowest BCUT2D eigenvalue weighted by molar-refractivity contribution is 0.607. The Labute approximate surface area is 99.9 Å². The molecule has 0 unspecified atom stereocenters. The first-order chi connectivity index (χ1) is 7.94. The average Bonchev–Trinajstić information content (AvgIpc) is 2.63. The normalized spacial score (nSPS) is 11.4. The van der Waals surface area contributed by atoms with Crippen LogP contribution in [0, 0.1) is 6.92 Å². The molecule has 0 atom stereocenters. The van der Waals surface area contributed by atoms with Gasteiger partial charge in [0.05, 0.1) is 11.9 Å². The van der Waals surface area contributed by atoms with E-state index in [1.165, 1.54) is 0 Å². The second-order valence-electron chi connectivity index (χ2n) is 3.89. The Morgan fingerprint density at radius 3 is 2.65 bits per heavy atom. The standard InChI is InChI=1S/C11H13N3O2S/c1-8-6-11(13-12-8)9-4-3-5-10(7-9)14-17(2,15)16/h3-7,14H,1-2H3,(H,12,13). The van der Waals surface area contributed by atoms with E-state index in [0.717, 1.165) is 23.2 Å². The summed E-state index contributed by atoms with van der Waals surface area (Å²) in [5, 5.41) is 6.97. The Balaban J connectivity index is 2.35. The van der Waals surface area contributed by atoms with Crippen LogP contribution in [0.3, 0.4) is 0 Å². The van der Waals surface area contributed by atoms with Gasteiger partial charge in [0.15, 0.2) is 0 Å². The number of hydrogen-bond donors (Lipinski definition) is 2. The largest absolute Gasteiger partial charge is 0.284 e. The highest BCUT2D eigenvalue weighted by Gasteiger charge is 2.05. The van der Waals surface area contributed by atoms with Crippen molar-refractivity contribution >= 4 is 15.7 Å². The minimum atomic E-state index is -3.25. The SMILES string of the molecule is Cc1cc(-c2cccc(NS(C)(=O)=O)c2)n[nH]1. The Morgan fingerprint density at radius 1 is 1.29 bits per heavy atom. The van der Waals surface area contributed by atoms with E-state index in [1.807, 2.05) is 19.1 Å². The summed E-state index contributed by atoms with van der Waals surface area (Å²) in [6.07, 6.45) is 1.12. The summed E-state index contributed by atoms with van der Waals surface area (Å²) in [5.74, 6) is 0. The van der Waals surface area contributed by atoms with E-state index in [1.54, 1.807) is 18.2 Å².